The first kappa shape index (κ1) is 14.4. The molecule has 0 unspecified atom stereocenters. The van der Waals surface area contributed by atoms with Gasteiger partial charge in [0.2, 0.25) is 11.8 Å². The Morgan fingerprint density at radius 3 is 2.83 bits per heavy atom. The molecule has 1 amide bonds. The summed E-state index contributed by atoms with van der Waals surface area (Å²) in [4.78, 5) is 29.1. The number of carboxylic acids is 1. The zero-order valence-corrected chi connectivity index (χ0v) is 12.7. The number of carboxylic acid groups (broad SMARTS) is 1. The van der Waals surface area contributed by atoms with E-state index in [4.69, 9.17) is 9.52 Å². The molecule has 1 N–H and O–H groups in total. The van der Waals surface area contributed by atoms with Crippen molar-refractivity contribution < 1.29 is 19.1 Å². The van der Waals surface area contributed by atoms with Crippen LogP contribution in [0.4, 0.5) is 5.69 Å². The van der Waals surface area contributed by atoms with E-state index in [1.807, 2.05) is 12.1 Å². The summed E-state index contributed by atoms with van der Waals surface area (Å²) in [6.45, 7) is 0.718. The van der Waals surface area contributed by atoms with E-state index in [-0.39, 0.29) is 11.5 Å². The van der Waals surface area contributed by atoms with E-state index in [1.54, 1.807) is 23.1 Å². The number of hydrogen-bond donors (Lipinski definition) is 1. The summed E-state index contributed by atoms with van der Waals surface area (Å²) in [6, 6.07) is 11.9. The minimum Gasteiger partial charge on any atom is -0.478 e. The lowest BCUT2D eigenvalue weighted by molar-refractivity contribution is -0.117. The summed E-state index contributed by atoms with van der Waals surface area (Å²) in [5.74, 6) is -0.520. The van der Waals surface area contributed by atoms with E-state index in [9.17, 15) is 9.59 Å². The maximum absolute atomic E-state index is 11.9. The minimum absolute atomic E-state index is 0.118. The Balaban J connectivity index is 1.74. The van der Waals surface area contributed by atoms with Crippen molar-refractivity contribution in [3.05, 3.63) is 48.0 Å². The van der Waals surface area contributed by atoms with Crippen molar-refractivity contribution >= 4 is 28.7 Å². The fourth-order valence-corrected chi connectivity index (χ4v) is 2.91. The molecule has 2 aromatic carbocycles. The SMILES string of the molecule is O=C(O)c1cccc(-c2nc3cc(N4CCCC4=O)ccc3o2)c1. The molecule has 0 bridgehead atoms. The molecule has 6 nitrogen and oxygen atoms in total. The molecule has 1 aliphatic rings. The number of aromatic nitrogens is 1. The summed E-state index contributed by atoms with van der Waals surface area (Å²) in [7, 11) is 0. The molecule has 1 saturated heterocycles. The van der Waals surface area contributed by atoms with Crippen LogP contribution in [-0.4, -0.2) is 28.5 Å². The zero-order chi connectivity index (χ0) is 16.7. The number of carbonyl (C=O) groups is 2. The lowest BCUT2D eigenvalue weighted by atomic mass is 10.1. The van der Waals surface area contributed by atoms with Crippen LogP contribution in [0, 0.1) is 0 Å². The highest BCUT2D eigenvalue weighted by Crippen LogP contribution is 2.29. The fraction of sp³-hybridized carbons (Fsp3) is 0.167. The second-order valence-electron chi connectivity index (χ2n) is 5.71. The van der Waals surface area contributed by atoms with E-state index < -0.39 is 5.97 Å². The van der Waals surface area contributed by atoms with Gasteiger partial charge in [-0.1, -0.05) is 6.07 Å². The topological polar surface area (TPSA) is 83.6 Å². The quantitative estimate of drug-likeness (QED) is 0.799. The Bertz CT molecular complexity index is 961. The third-order valence-corrected chi connectivity index (χ3v) is 4.11. The Labute approximate surface area is 137 Å². The van der Waals surface area contributed by atoms with Crippen molar-refractivity contribution in [2.45, 2.75) is 12.8 Å². The van der Waals surface area contributed by atoms with E-state index in [2.05, 4.69) is 4.98 Å². The smallest absolute Gasteiger partial charge is 0.335 e. The maximum Gasteiger partial charge on any atom is 0.335 e. The zero-order valence-electron chi connectivity index (χ0n) is 12.7. The number of oxazole rings is 1. The second-order valence-corrected chi connectivity index (χ2v) is 5.71. The molecule has 1 fully saturated rings. The maximum atomic E-state index is 11.9. The summed E-state index contributed by atoms with van der Waals surface area (Å²) in [5.41, 5.74) is 2.83. The number of benzene rings is 2. The Morgan fingerprint density at radius 1 is 1.21 bits per heavy atom. The standard InChI is InChI=1S/C18H14N2O4/c21-16-5-2-8-20(16)13-6-7-15-14(10-13)19-17(24-15)11-3-1-4-12(9-11)18(22)23/h1,3-4,6-7,9-10H,2,5,8H2,(H,22,23). The summed E-state index contributed by atoms with van der Waals surface area (Å²) in [6.07, 6.45) is 1.44. The first-order valence-electron chi connectivity index (χ1n) is 7.66. The first-order chi connectivity index (χ1) is 11.6. The van der Waals surface area contributed by atoms with E-state index in [1.165, 1.54) is 12.1 Å². The van der Waals surface area contributed by atoms with Crippen LogP contribution in [-0.2, 0) is 4.79 Å². The van der Waals surface area contributed by atoms with Gasteiger partial charge in [-0.05, 0) is 42.8 Å². The van der Waals surface area contributed by atoms with Crippen LogP contribution in [0.15, 0.2) is 46.9 Å². The molecule has 24 heavy (non-hydrogen) atoms. The van der Waals surface area contributed by atoms with Crippen LogP contribution in [0.5, 0.6) is 0 Å². The number of fused-ring (bicyclic) bond motifs is 1. The highest BCUT2D eigenvalue weighted by atomic mass is 16.4. The highest BCUT2D eigenvalue weighted by molar-refractivity contribution is 5.97. The van der Waals surface area contributed by atoms with Gasteiger partial charge in [0.25, 0.3) is 0 Å². The molecule has 0 atom stereocenters. The average molecular weight is 322 g/mol. The predicted molar refractivity (Wildman–Crippen MR) is 88.0 cm³/mol. The van der Waals surface area contributed by atoms with Crippen molar-refractivity contribution in [1.82, 2.24) is 4.98 Å². The van der Waals surface area contributed by atoms with Crippen molar-refractivity contribution in [1.29, 1.82) is 0 Å². The molecule has 120 valence electrons. The van der Waals surface area contributed by atoms with E-state index in [0.29, 0.717) is 29.0 Å². The molecule has 0 spiro atoms. The van der Waals surface area contributed by atoms with E-state index >= 15 is 0 Å². The molecular formula is C18H14N2O4. The first-order valence-corrected chi connectivity index (χ1v) is 7.66. The lowest BCUT2D eigenvalue weighted by Gasteiger charge is -2.14. The van der Waals surface area contributed by atoms with Gasteiger partial charge in [-0.2, -0.15) is 0 Å². The molecule has 3 aromatic rings. The summed E-state index contributed by atoms with van der Waals surface area (Å²) >= 11 is 0. The van der Waals surface area contributed by atoms with Gasteiger partial charge in [-0.25, -0.2) is 9.78 Å². The molecule has 4 rings (SSSR count). The number of aromatic carboxylic acids is 1. The van der Waals surface area contributed by atoms with Gasteiger partial charge < -0.3 is 14.4 Å². The van der Waals surface area contributed by atoms with Crippen LogP contribution >= 0.6 is 0 Å². The lowest BCUT2D eigenvalue weighted by Crippen LogP contribution is -2.23. The third-order valence-electron chi connectivity index (χ3n) is 4.11. The second kappa shape index (κ2) is 5.49. The van der Waals surface area contributed by atoms with Gasteiger partial charge in [0, 0.05) is 24.2 Å². The number of nitrogens with zero attached hydrogens (tertiary/aromatic N) is 2. The highest BCUT2D eigenvalue weighted by Gasteiger charge is 2.22. The summed E-state index contributed by atoms with van der Waals surface area (Å²) < 4.78 is 5.73. The van der Waals surface area contributed by atoms with Gasteiger partial charge in [0.05, 0.1) is 5.56 Å². The number of rotatable bonds is 3. The summed E-state index contributed by atoms with van der Waals surface area (Å²) in [5, 5.41) is 9.09. The monoisotopic (exact) mass is 322 g/mol. The molecule has 0 saturated carbocycles. The van der Waals surface area contributed by atoms with Gasteiger partial charge in [-0.15, -0.1) is 0 Å². The molecule has 2 heterocycles. The van der Waals surface area contributed by atoms with Crippen molar-refractivity contribution in [2.75, 3.05) is 11.4 Å². The number of amides is 1. The largest absolute Gasteiger partial charge is 0.478 e. The van der Waals surface area contributed by atoms with Crippen molar-refractivity contribution in [3.8, 4) is 11.5 Å². The molecule has 1 aromatic heterocycles. The molecule has 6 heteroatoms. The van der Waals surface area contributed by atoms with Crippen molar-refractivity contribution in [2.24, 2.45) is 0 Å². The third kappa shape index (κ3) is 2.42. The van der Waals surface area contributed by atoms with Crippen LogP contribution in [0.3, 0.4) is 0 Å². The minimum atomic E-state index is -0.997. The average Bonchev–Trinajstić information content (AvgIpc) is 3.20. The Hall–Kier alpha value is -3.15. The number of anilines is 1. The molecule has 1 aliphatic heterocycles. The molecule has 0 aliphatic carbocycles. The number of carbonyl (C=O) groups excluding carboxylic acids is 1. The fourth-order valence-electron chi connectivity index (χ4n) is 2.91. The van der Waals surface area contributed by atoms with Crippen LogP contribution in [0.2, 0.25) is 0 Å². The Kier molecular flexibility index (Phi) is 3.30. The number of hydrogen-bond acceptors (Lipinski definition) is 4. The normalized spacial score (nSPS) is 14.5. The van der Waals surface area contributed by atoms with Gasteiger partial charge in [0.1, 0.15) is 5.52 Å². The van der Waals surface area contributed by atoms with Crippen LogP contribution < -0.4 is 4.90 Å². The van der Waals surface area contributed by atoms with Crippen LogP contribution in [0.25, 0.3) is 22.6 Å². The Morgan fingerprint density at radius 2 is 2.08 bits per heavy atom. The van der Waals surface area contributed by atoms with Crippen LogP contribution in [0.1, 0.15) is 23.2 Å². The van der Waals surface area contributed by atoms with E-state index in [0.717, 1.165) is 18.7 Å². The molecular weight excluding hydrogens is 308 g/mol. The van der Waals surface area contributed by atoms with Gasteiger partial charge in [0.15, 0.2) is 5.58 Å². The van der Waals surface area contributed by atoms with Crippen molar-refractivity contribution in [3.63, 3.8) is 0 Å². The predicted octanol–water partition coefficient (Wildman–Crippen LogP) is 3.32. The molecule has 0 radical (unpaired) electrons. The van der Waals surface area contributed by atoms with Gasteiger partial charge in [-0.3, -0.25) is 4.79 Å². The van der Waals surface area contributed by atoms with Gasteiger partial charge >= 0.3 is 5.97 Å².